The normalized spacial score (nSPS) is 11.7. The molecule has 0 saturated carbocycles. The van der Waals surface area contributed by atoms with Crippen molar-refractivity contribution in [1.29, 1.82) is 0 Å². The summed E-state index contributed by atoms with van der Waals surface area (Å²) in [7, 11) is 0. The molecule has 0 atom stereocenters. The summed E-state index contributed by atoms with van der Waals surface area (Å²) >= 11 is 0. The second-order valence-electron chi connectivity index (χ2n) is 16.2. The zero-order chi connectivity index (χ0) is 35.1. The molecule has 0 bridgehead atoms. The van der Waals surface area contributed by atoms with E-state index in [1.807, 2.05) is 0 Å². The zero-order valence-corrected chi connectivity index (χ0v) is 34.5. The highest BCUT2D eigenvalue weighted by atomic mass is 15.1. The molecule has 0 unspecified atom stereocenters. The van der Waals surface area contributed by atoms with Crippen LogP contribution in [0.5, 0.6) is 0 Å². The average Bonchev–Trinajstić information content (AvgIpc) is 3.50. The van der Waals surface area contributed by atoms with E-state index in [0.29, 0.717) is 0 Å². The number of hydrogen-bond donors (Lipinski definition) is 0. The summed E-state index contributed by atoms with van der Waals surface area (Å²) in [6, 6.07) is 0. The molecule has 1 heterocycles. The molecule has 1 rings (SSSR count). The molecule has 2 nitrogen and oxygen atoms in total. The first-order valence-electron chi connectivity index (χ1n) is 23.4. The minimum atomic E-state index is 1.23. The maximum atomic E-state index is 2.65. The zero-order valence-electron chi connectivity index (χ0n) is 34.5. The molecule has 0 N–H and O–H groups in total. The fraction of sp³-hybridized carbons (Fsp3) is 0.936. The maximum absolute atomic E-state index is 2.65. The Bertz CT molecular complexity index is 751. The second kappa shape index (κ2) is 38.4. The van der Waals surface area contributed by atoms with Crippen molar-refractivity contribution in [3.63, 3.8) is 0 Å². The van der Waals surface area contributed by atoms with E-state index in [4.69, 9.17) is 0 Å². The van der Waals surface area contributed by atoms with Crippen molar-refractivity contribution in [2.24, 2.45) is 0 Å². The smallest absolute Gasteiger partial charge is 0.234 e. The molecule has 1 aromatic rings. The molecular formula is C47H93N2+. The number of nitrogens with zero attached hydrogens (tertiary/aromatic N) is 2. The fourth-order valence-electron chi connectivity index (χ4n) is 7.92. The lowest BCUT2D eigenvalue weighted by molar-refractivity contribution is -0.704. The number of imidazole rings is 1. The number of aryl methyl sites for hydroxylation is 2. The monoisotopic (exact) mass is 686 g/mol. The molecule has 0 radical (unpaired) electrons. The van der Waals surface area contributed by atoms with E-state index in [-0.39, 0.29) is 0 Å². The van der Waals surface area contributed by atoms with Crippen LogP contribution in [-0.4, -0.2) is 4.57 Å². The van der Waals surface area contributed by atoms with Gasteiger partial charge in [-0.25, -0.2) is 9.13 Å². The van der Waals surface area contributed by atoms with E-state index in [2.05, 4.69) is 42.3 Å². The molecule has 0 aliphatic heterocycles. The molecule has 0 amide bonds. The van der Waals surface area contributed by atoms with Crippen LogP contribution < -0.4 is 4.57 Å². The van der Waals surface area contributed by atoms with Gasteiger partial charge in [-0.1, -0.05) is 233 Å². The molecule has 290 valence electrons. The minimum Gasteiger partial charge on any atom is -0.234 e. The Morgan fingerprint density at radius 1 is 0.347 bits per heavy atom. The first kappa shape index (κ1) is 46.2. The summed E-state index contributed by atoms with van der Waals surface area (Å²) in [5, 5.41) is 0. The molecule has 0 spiro atoms. The summed E-state index contributed by atoms with van der Waals surface area (Å²) in [6.45, 7) is 9.41. The summed E-state index contributed by atoms with van der Waals surface area (Å²) in [4.78, 5) is 0. The third-order valence-electron chi connectivity index (χ3n) is 11.3. The largest absolute Gasteiger partial charge is 0.256 e. The lowest BCUT2D eigenvalue weighted by atomic mass is 10.0. The van der Waals surface area contributed by atoms with Crippen molar-refractivity contribution >= 4 is 0 Å². The van der Waals surface area contributed by atoms with Crippen molar-refractivity contribution in [3.05, 3.63) is 18.2 Å². The van der Waals surface area contributed by atoms with Crippen LogP contribution in [0, 0.1) is 0 Å². The van der Waals surface area contributed by atoms with Crippen LogP contribution in [0.15, 0.2) is 12.4 Å². The van der Waals surface area contributed by atoms with Crippen LogP contribution >= 0.6 is 0 Å². The number of aromatic nitrogens is 2. The van der Waals surface area contributed by atoms with Gasteiger partial charge in [0.05, 0.1) is 13.1 Å². The van der Waals surface area contributed by atoms with Crippen LogP contribution in [0.25, 0.3) is 0 Å². The van der Waals surface area contributed by atoms with Gasteiger partial charge in [-0.05, 0) is 32.1 Å². The van der Waals surface area contributed by atoms with Gasteiger partial charge in [0.15, 0.2) is 0 Å². The summed E-state index contributed by atoms with van der Waals surface area (Å²) < 4.78 is 5.30. The lowest BCUT2D eigenvalue weighted by Crippen LogP contribution is -2.37. The topological polar surface area (TPSA) is 8.81 Å². The SMILES string of the molecule is CCCCCCCCCCCCCCCCCn1cc[n+](CCCCCCCCCCC)c1CCCCCCCCCCCCCCCC. The Labute approximate surface area is 310 Å². The Hall–Kier alpha value is -0.790. The van der Waals surface area contributed by atoms with Gasteiger partial charge in [-0.15, -0.1) is 0 Å². The van der Waals surface area contributed by atoms with Crippen LogP contribution in [-0.2, 0) is 19.5 Å². The molecule has 49 heavy (non-hydrogen) atoms. The summed E-state index contributed by atoms with van der Waals surface area (Å²) in [5.41, 5.74) is 0. The molecule has 0 fully saturated rings. The van der Waals surface area contributed by atoms with Crippen LogP contribution in [0.4, 0.5) is 0 Å². The molecule has 0 aliphatic rings. The number of rotatable bonds is 41. The van der Waals surface area contributed by atoms with Crippen LogP contribution in [0.2, 0.25) is 0 Å². The highest BCUT2D eigenvalue weighted by Gasteiger charge is 2.16. The molecule has 2 heteroatoms. The van der Waals surface area contributed by atoms with E-state index in [9.17, 15) is 0 Å². The van der Waals surface area contributed by atoms with Gasteiger partial charge in [0.2, 0.25) is 0 Å². The third kappa shape index (κ3) is 30.5. The average molecular weight is 686 g/mol. The standard InChI is InChI=1S/C47H93N2/c1-4-7-10-13-16-19-21-23-25-27-29-32-35-38-41-44-49-46-45-48(43-40-37-34-31-18-15-12-9-6-3)47(49)42-39-36-33-30-28-26-24-22-20-17-14-11-8-5-2/h45-46H,4-44H2,1-3H3/q+1. The number of hydrogen-bond acceptors (Lipinski definition) is 0. The van der Waals surface area contributed by atoms with Gasteiger partial charge in [-0.3, -0.25) is 0 Å². The third-order valence-corrected chi connectivity index (χ3v) is 11.3. The van der Waals surface area contributed by atoms with Crippen molar-refractivity contribution in [3.8, 4) is 0 Å². The Morgan fingerprint density at radius 2 is 0.633 bits per heavy atom. The Kier molecular flexibility index (Phi) is 36.3. The van der Waals surface area contributed by atoms with Gasteiger partial charge in [-0.2, -0.15) is 0 Å². The second-order valence-corrected chi connectivity index (χ2v) is 16.2. The summed E-state index contributed by atoms with van der Waals surface area (Å²) in [6.07, 6.45) is 60.8. The predicted octanol–water partition coefficient (Wildman–Crippen LogP) is 16.2. The molecule has 1 aromatic heterocycles. The quantitative estimate of drug-likeness (QED) is 0.0479. The van der Waals surface area contributed by atoms with E-state index in [0.717, 1.165) is 0 Å². The number of unbranched alkanes of at least 4 members (excludes halogenated alkanes) is 35. The Balaban J connectivity index is 2.25. The van der Waals surface area contributed by atoms with Gasteiger partial charge >= 0.3 is 0 Å². The van der Waals surface area contributed by atoms with Crippen molar-refractivity contribution < 1.29 is 4.57 Å². The summed E-state index contributed by atoms with van der Waals surface area (Å²) in [5.74, 6) is 1.63. The van der Waals surface area contributed by atoms with E-state index < -0.39 is 0 Å². The Morgan fingerprint density at radius 3 is 0.980 bits per heavy atom. The molecule has 0 aliphatic carbocycles. The maximum Gasteiger partial charge on any atom is 0.256 e. The van der Waals surface area contributed by atoms with Gasteiger partial charge < -0.3 is 0 Å². The predicted molar refractivity (Wildman–Crippen MR) is 221 cm³/mol. The fourth-order valence-corrected chi connectivity index (χ4v) is 7.92. The van der Waals surface area contributed by atoms with Gasteiger partial charge in [0.1, 0.15) is 12.4 Å². The van der Waals surface area contributed by atoms with Crippen molar-refractivity contribution in [2.45, 2.75) is 284 Å². The molecular weight excluding hydrogens is 593 g/mol. The van der Waals surface area contributed by atoms with E-state index in [1.165, 1.54) is 264 Å². The lowest BCUT2D eigenvalue weighted by Gasteiger charge is -2.07. The van der Waals surface area contributed by atoms with Crippen molar-refractivity contribution in [1.82, 2.24) is 4.57 Å². The minimum absolute atomic E-state index is 1.23. The first-order chi connectivity index (χ1) is 24.3. The van der Waals surface area contributed by atoms with Gasteiger partial charge in [0, 0.05) is 6.42 Å². The van der Waals surface area contributed by atoms with Crippen LogP contribution in [0.3, 0.4) is 0 Å². The van der Waals surface area contributed by atoms with E-state index >= 15 is 0 Å². The molecule has 0 aromatic carbocycles. The van der Waals surface area contributed by atoms with Crippen molar-refractivity contribution in [2.75, 3.05) is 0 Å². The van der Waals surface area contributed by atoms with Gasteiger partial charge in [0.25, 0.3) is 5.82 Å². The highest BCUT2D eigenvalue weighted by molar-refractivity contribution is 4.84. The van der Waals surface area contributed by atoms with E-state index in [1.54, 1.807) is 5.82 Å². The highest BCUT2D eigenvalue weighted by Crippen LogP contribution is 2.16. The van der Waals surface area contributed by atoms with Crippen LogP contribution in [0.1, 0.15) is 271 Å². The first-order valence-corrected chi connectivity index (χ1v) is 23.4. The molecule has 0 saturated heterocycles.